The van der Waals surface area contributed by atoms with Gasteiger partial charge in [-0.2, -0.15) is 0 Å². The Labute approximate surface area is 353 Å². The number of nitrogens with zero attached hydrogens (tertiary/aromatic N) is 1. The van der Waals surface area contributed by atoms with Crippen molar-refractivity contribution in [1.29, 1.82) is 0 Å². The molecule has 10 aromatic carbocycles. The van der Waals surface area contributed by atoms with E-state index in [1.165, 1.54) is 27.5 Å². The molecule has 0 aliphatic heterocycles. The van der Waals surface area contributed by atoms with Gasteiger partial charge in [0.25, 0.3) is 0 Å². The van der Waals surface area contributed by atoms with Gasteiger partial charge in [-0.15, -0.1) is 0 Å². The number of para-hydroxylation sites is 3. The zero-order chi connectivity index (χ0) is 40.3. The van der Waals surface area contributed by atoms with Crippen LogP contribution in [0.3, 0.4) is 0 Å². The molecule has 2 aromatic heterocycles. The Balaban J connectivity index is 1.05. The molecule has 0 atom stereocenters. The SMILES string of the molecule is c1ccc(-c2cccc3cccc(-c4ccccc4N(c4ccc(-c5cccc6oc7ccccc7c56)cc4)c4cccc(-c5ccc6c(c5)oc5ccccc56)c4)c23)cc1. The minimum Gasteiger partial charge on any atom is -0.456 e. The second-order valence-corrected chi connectivity index (χ2v) is 15.6. The van der Waals surface area contributed by atoms with Crippen LogP contribution >= 0.6 is 0 Å². The van der Waals surface area contributed by atoms with Crippen LogP contribution < -0.4 is 4.90 Å². The number of furan rings is 2. The second-order valence-electron chi connectivity index (χ2n) is 15.6. The van der Waals surface area contributed by atoms with Gasteiger partial charge in [-0.25, -0.2) is 0 Å². The van der Waals surface area contributed by atoms with Crippen molar-refractivity contribution in [1.82, 2.24) is 0 Å². The van der Waals surface area contributed by atoms with Gasteiger partial charge in [-0.05, 0) is 110 Å². The molecule has 12 rings (SSSR count). The summed E-state index contributed by atoms with van der Waals surface area (Å²) < 4.78 is 12.6. The Bertz CT molecular complexity index is 3590. The summed E-state index contributed by atoms with van der Waals surface area (Å²) in [6.45, 7) is 0. The third-order valence-electron chi connectivity index (χ3n) is 12.1. The molecule has 0 N–H and O–H groups in total. The molecule has 0 radical (unpaired) electrons. The topological polar surface area (TPSA) is 29.5 Å². The second kappa shape index (κ2) is 14.3. The van der Waals surface area contributed by atoms with E-state index in [9.17, 15) is 0 Å². The molecular weight excluding hydrogens is 743 g/mol. The highest BCUT2D eigenvalue weighted by Crippen LogP contribution is 2.46. The molecule has 0 amide bonds. The minimum absolute atomic E-state index is 0.882. The van der Waals surface area contributed by atoms with E-state index in [0.29, 0.717) is 0 Å². The quantitative estimate of drug-likeness (QED) is 0.161. The molecule has 0 spiro atoms. The maximum Gasteiger partial charge on any atom is 0.136 e. The van der Waals surface area contributed by atoms with Crippen molar-refractivity contribution in [3.63, 3.8) is 0 Å². The monoisotopic (exact) mass is 779 g/mol. The van der Waals surface area contributed by atoms with Crippen LogP contribution in [0.1, 0.15) is 0 Å². The Kier molecular flexibility index (Phi) is 8.17. The first-order valence-electron chi connectivity index (χ1n) is 20.7. The molecule has 0 saturated carbocycles. The Morgan fingerprint density at radius 1 is 0.279 bits per heavy atom. The summed E-state index contributed by atoms with van der Waals surface area (Å²) in [5.41, 5.74) is 16.0. The van der Waals surface area contributed by atoms with Crippen LogP contribution in [0.25, 0.3) is 99.2 Å². The molecule has 286 valence electrons. The van der Waals surface area contributed by atoms with Gasteiger partial charge in [-0.3, -0.25) is 0 Å². The molecule has 0 unspecified atom stereocenters. The van der Waals surface area contributed by atoms with Crippen LogP contribution in [0.5, 0.6) is 0 Å². The molecular formula is C58H37NO2. The fraction of sp³-hybridized carbons (Fsp3) is 0. The first-order chi connectivity index (χ1) is 30.2. The van der Waals surface area contributed by atoms with Crippen molar-refractivity contribution < 1.29 is 8.83 Å². The van der Waals surface area contributed by atoms with Crippen molar-refractivity contribution in [3.8, 4) is 44.5 Å². The van der Waals surface area contributed by atoms with E-state index in [4.69, 9.17) is 8.83 Å². The van der Waals surface area contributed by atoms with Gasteiger partial charge >= 0.3 is 0 Å². The van der Waals surface area contributed by atoms with Crippen LogP contribution in [0, 0.1) is 0 Å². The summed E-state index contributed by atoms with van der Waals surface area (Å²) in [4.78, 5) is 2.40. The molecule has 0 saturated heterocycles. The summed E-state index contributed by atoms with van der Waals surface area (Å²) in [6.07, 6.45) is 0. The van der Waals surface area contributed by atoms with Gasteiger partial charge in [0.05, 0.1) is 5.69 Å². The molecule has 0 aliphatic rings. The molecule has 3 heteroatoms. The van der Waals surface area contributed by atoms with Crippen molar-refractivity contribution in [3.05, 3.63) is 224 Å². The number of hydrogen-bond acceptors (Lipinski definition) is 3. The molecule has 3 nitrogen and oxygen atoms in total. The van der Waals surface area contributed by atoms with Gasteiger partial charge in [0.1, 0.15) is 22.3 Å². The normalized spacial score (nSPS) is 11.6. The van der Waals surface area contributed by atoms with E-state index in [-0.39, 0.29) is 0 Å². The summed E-state index contributed by atoms with van der Waals surface area (Å²) >= 11 is 0. The summed E-state index contributed by atoms with van der Waals surface area (Å²) in [6, 6.07) is 80.1. The smallest absolute Gasteiger partial charge is 0.136 e. The van der Waals surface area contributed by atoms with Crippen LogP contribution in [0.2, 0.25) is 0 Å². The predicted molar refractivity (Wildman–Crippen MR) is 255 cm³/mol. The first kappa shape index (κ1) is 34.9. The maximum atomic E-state index is 6.35. The lowest BCUT2D eigenvalue weighted by molar-refractivity contribution is 0.668. The Morgan fingerprint density at radius 3 is 1.66 bits per heavy atom. The highest BCUT2D eigenvalue weighted by atomic mass is 16.3. The lowest BCUT2D eigenvalue weighted by atomic mass is 9.90. The lowest BCUT2D eigenvalue weighted by Gasteiger charge is -2.29. The number of rotatable bonds is 7. The van der Waals surface area contributed by atoms with Crippen LogP contribution in [-0.4, -0.2) is 0 Å². The van der Waals surface area contributed by atoms with Gasteiger partial charge in [0, 0.05) is 38.5 Å². The van der Waals surface area contributed by atoms with Gasteiger partial charge in [-0.1, -0.05) is 164 Å². The molecule has 0 fully saturated rings. The largest absolute Gasteiger partial charge is 0.456 e. The predicted octanol–water partition coefficient (Wildman–Crippen LogP) is 16.8. The van der Waals surface area contributed by atoms with Crippen molar-refractivity contribution in [2.24, 2.45) is 0 Å². The van der Waals surface area contributed by atoms with E-state index in [1.807, 2.05) is 24.3 Å². The van der Waals surface area contributed by atoms with E-state index in [0.717, 1.165) is 88.8 Å². The van der Waals surface area contributed by atoms with Crippen LogP contribution in [0.15, 0.2) is 233 Å². The van der Waals surface area contributed by atoms with Crippen molar-refractivity contribution in [2.75, 3.05) is 4.90 Å². The molecule has 0 bridgehead atoms. The van der Waals surface area contributed by atoms with E-state index in [1.54, 1.807) is 0 Å². The third kappa shape index (κ3) is 5.90. The highest BCUT2D eigenvalue weighted by Gasteiger charge is 2.21. The van der Waals surface area contributed by atoms with E-state index >= 15 is 0 Å². The average Bonchev–Trinajstić information content (AvgIpc) is 3.90. The zero-order valence-corrected chi connectivity index (χ0v) is 33.1. The highest BCUT2D eigenvalue weighted by molar-refractivity contribution is 6.13. The number of hydrogen-bond donors (Lipinski definition) is 0. The Morgan fingerprint density at radius 2 is 0.820 bits per heavy atom. The van der Waals surface area contributed by atoms with E-state index in [2.05, 4.69) is 205 Å². The van der Waals surface area contributed by atoms with Crippen LogP contribution in [0.4, 0.5) is 17.1 Å². The summed E-state index contributed by atoms with van der Waals surface area (Å²) in [5.74, 6) is 0. The average molecular weight is 780 g/mol. The maximum absolute atomic E-state index is 6.35. The van der Waals surface area contributed by atoms with Crippen molar-refractivity contribution >= 4 is 71.7 Å². The molecule has 61 heavy (non-hydrogen) atoms. The van der Waals surface area contributed by atoms with Gasteiger partial charge < -0.3 is 13.7 Å². The third-order valence-corrected chi connectivity index (χ3v) is 12.1. The summed E-state index contributed by atoms with van der Waals surface area (Å²) in [7, 11) is 0. The number of benzene rings is 10. The first-order valence-corrected chi connectivity index (χ1v) is 20.7. The zero-order valence-electron chi connectivity index (χ0n) is 33.1. The molecule has 2 heterocycles. The number of fused-ring (bicyclic) bond motifs is 7. The molecule has 12 aromatic rings. The standard InChI is InChI=1S/C58H37NO2/c1-2-14-38(15-3-1)45-23-11-16-40-17-12-25-50(57(40)45)47-20-4-7-26-52(47)59(43-33-30-39(31-34-43)46-24-13-29-55-58(46)51-22-6-9-28-54(51)60-55)44-19-10-18-41(36-44)42-32-35-49-48-21-5-8-27-53(48)61-56(49)37-42/h1-37H. The van der Waals surface area contributed by atoms with Gasteiger partial charge in [0.15, 0.2) is 0 Å². The molecule has 0 aliphatic carbocycles. The van der Waals surface area contributed by atoms with E-state index < -0.39 is 0 Å². The summed E-state index contributed by atoms with van der Waals surface area (Å²) in [5, 5.41) is 6.93. The fourth-order valence-corrected chi connectivity index (χ4v) is 9.28. The van der Waals surface area contributed by atoms with Crippen LogP contribution in [-0.2, 0) is 0 Å². The Hall–Kier alpha value is -8.14. The lowest BCUT2D eigenvalue weighted by Crippen LogP contribution is -2.11. The van der Waals surface area contributed by atoms with Crippen molar-refractivity contribution in [2.45, 2.75) is 0 Å². The minimum atomic E-state index is 0.882. The number of anilines is 3. The van der Waals surface area contributed by atoms with Gasteiger partial charge in [0.2, 0.25) is 0 Å². The fourth-order valence-electron chi connectivity index (χ4n) is 9.28.